The summed E-state index contributed by atoms with van der Waals surface area (Å²) < 4.78 is 11.3. The highest BCUT2D eigenvalue weighted by atomic mass is 16.5. The van der Waals surface area contributed by atoms with Crippen LogP contribution in [0.2, 0.25) is 0 Å². The van der Waals surface area contributed by atoms with Crippen LogP contribution in [0.15, 0.2) is 55.0 Å². The van der Waals surface area contributed by atoms with Crippen molar-refractivity contribution in [1.29, 1.82) is 0 Å². The van der Waals surface area contributed by atoms with Gasteiger partial charge >= 0.3 is 0 Å². The highest BCUT2D eigenvalue weighted by molar-refractivity contribution is 5.95. The molecule has 0 spiro atoms. The standard InChI is InChI=1S/C27H31N5O3/c1-19-24(29-13-12-28-19)18-32-14-2-3-25(32)27(33)31-22-7-4-20(5-8-22)21-6-9-26(30-17-21)35-23-10-15-34-16-11-23/h4-9,12-13,17,23,25H,2-3,10-11,14-16,18H2,1H3,(H,31,33). The summed E-state index contributed by atoms with van der Waals surface area (Å²) in [5.41, 5.74) is 4.66. The van der Waals surface area contributed by atoms with Gasteiger partial charge in [-0.1, -0.05) is 12.1 Å². The average Bonchev–Trinajstić information content (AvgIpc) is 3.35. The number of aryl methyl sites for hydroxylation is 1. The molecule has 1 amide bonds. The topological polar surface area (TPSA) is 89.5 Å². The summed E-state index contributed by atoms with van der Waals surface area (Å²) in [5, 5.41) is 3.09. The molecule has 1 aromatic carbocycles. The third kappa shape index (κ3) is 5.83. The number of benzene rings is 1. The van der Waals surface area contributed by atoms with Crippen molar-refractivity contribution in [2.24, 2.45) is 0 Å². The zero-order valence-electron chi connectivity index (χ0n) is 20.0. The van der Waals surface area contributed by atoms with Crippen molar-refractivity contribution in [1.82, 2.24) is 19.9 Å². The Morgan fingerprint density at radius 3 is 2.54 bits per heavy atom. The van der Waals surface area contributed by atoms with Gasteiger partial charge in [0, 0.05) is 55.3 Å². The van der Waals surface area contributed by atoms with Crippen molar-refractivity contribution in [3.05, 3.63) is 66.4 Å². The lowest BCUT2D eigenvalue weighted by Crippen LogP contribution is -2.39. The summed E-state index contributed by atoms with van der Waals surface area (Å²) in [6, 6.07) is 11.6. The third-order valence-electron chi connectivity index (χ3n) is 6.68. The van der Waals surface area contributed by atoms with E-state index >= 15 is 0 Å². The molecule has 2 aliphatic heterocycles. The summed E-state index contributed by atoms with van der Waals surface area (Å²) in [6.45, 7) is 4.96. The number of carbonyl (C=O) groups excluding carboxylic acids is 1. The molecular formula is C27H31N5O3. The lowest BCUT2D eigenvalue weighted by molar-refractivity contribution is -0.120. The summed E-state index contributed by atoms with van der Waals surface area (Å²) in [7, 11) is 0. The number of ether oxygens (including phenoxy) is 2. The molecule has 1 N–H and O–H groups in total. The van der Waals surface area contributed by atoms with E-state index < -0.39 is 0 Å². The van der Waals surface area contributed by atoms with E-state index in [1.807, 2.05) is 49.5 Å². The molecule has 1 atom stereocenters. The quantitative estimate of drug-likeness (QED) is 0.555. The Kier molecular flexibility index (Phi) is 7.30. The zero-order valence-corrected chi connectivity index (χ0v) is 20.0. The van der Waals surface area contributed by atoms with Crippen molar-refractivity contribution >= 4 is 11.6 Å². The second kappa shape index (κ2) is 10.9. The van der Waals surface area contributed by atoms with Crippen LogP contribution >= 0.6 is 0 Å². The summed E-state index contributed by atoms with van der Waals surface area (Å²) in [6.07, 6.45) is 9.04. The maximum atomic E-state index is 13.0. The van der Waals surface area contributed by atoms with Crippen LogP contribution in [0.3, 0.4) is 0 Å². The van der Waals surface area contributed by atoms with Gasteiger partial charge in [-0.15, -0.1) is 0 Å². The van der Waals surface area contributed by atoms with Crippen molar-refractivity contribution in [3.8, 4) is 17.0 Å². The van der Waals surface area contributed by atoms with Crippen LogP contribution in [0.25, 0.3) is 11.1 Å². The summed E-state index contributed by atoms with van der Waals surface area (Å²) >= 11 is 0. The molecule has 0 bridgehead atoms. The fourth-order valence-corrected chi connectivity index (χ4v) is 4.65. The van der Waals surface area contributed by atoms with Gasteiger partial charge in [0.05, 0.1) is 30.6 Å². The van der Waals surface area contributed by atoms with Crippen LogP contribution in [-0.4, -0.2) is 57.7 Å². The predicted molar refractivity (Wildman–Crippen MR) is 133 cm³/mol. The van der Waals surface area contributed by atoms with E-state index in [9.17, 15) is 4.79 Å². The monoisotopic (exact) mass is 473 g/mol. The second-order valence-corrected chi connectivity index (χ2v) is 9.10. The number of rotatable bonds is 7. The zero-order chi connectivity index (χ0) is 24.0. The number of amides is 1. The van der Waals surface area contributed by atoms with Gasteiger partial charge in [-0.2, -0.15) is 0 Å². The fourth-order valence-electron chi connectivity index (χ4n) is 4.65. The molecule has 0 aliphatic carbocycles. The van der Waals surface area contributed by atoms with E-state index in [0.29, 0.717) is 12.4 Å². The Balaban J connectivity index is 1.18. The minimum Gasteiger partial charge on any atom is -0.474 e. The molecule has 2 aliphatic rings. The van der Waals surface area contributed by atoms with Crippen LogP contribution in [-0.2, 0) is 16.1 Å². The van der Waals surface area contributed by atoms with Gasteiger partial charge in [-0.3, -0.25) is 19.7 Å². The molecule has 0 radical (unpaired) electrons. The van der Waals surface area contributed by atoms with E-state index in [2.05, 4.69) is 25.2 Å². The van der Waals surface area contributed by atoms with Gasteiger partial charge in [0.1, 0.15) is 6.10 Å². The van der Waals surface area contributed by atoms with E-state index in [1.165, 1.54) is 0 Å². The van der Waals surface area contributed by atoms with Crippen LogP contribution in [0, 0.1) is 6.92 Å². The van der Waals surface area contributed by atoms with Gasteiger partial charge in [0.15, 0.2) is 0 Å². The first kappa shape index (κ1) is 23.4. The molecular weight excluding hydrogens is 442 g/mol. The first-order valence-corrected chi connectivity index (χ1v) is 12.3. The Morgan fingerprint density at radius 2 is 1.80 bits per heavy atom. The van der Waals surface area contributed by atoms with Crippen LogP contribution in [0.1, 0.15) is 37.1 Å². The minimum atomic E-state index is -0.163. The number of anilines is 1. The first-order valence-electron chi connectivity index (χ1n) is 12.3. The number of pyridine rings is 1. The predicted octanol–water partition coefficient (Wildman–Crippen LogP) is 4.01. The van der Waals surface area contributed by atoms with Crippen molar-refractivity contribution in [2.45, 2.75) is 51.3 Å². The van der Waals surface area contributed by atoms with Gasteiger partial charge in [0.2, 0.25) is 11.8 Å². The van der Waals surface area contributed by atoms with E-state index in [-0.39, 0.29) is 18.1 Å². The minimum absolute atomic E-state index is 0.0214. The molecule has 182 valence electrons. The molecule has 2 aromatic heterocycles. The molecule has 4 heterocycles. The molecule has 2 saturated heterocycles. The Bertz CT molecular complexity index is 1130. The average molecular weight is 474 g/mol. The van der Waals surface area contributed by atoms with Gasteiger partial charge < -0.3 is 14.8 Å². The Hall–Kier alpha value is -3.36. The number of nitrogens with zero attached hydrogens (tertiary/aromatic N) is 4. The third-order valence-corrected chi connectivity index (χ3v) is 6.68. The second-order valence-electron chi connectivity index (χ2n) is 9.10. The van der Waals surface area contributed by atoms with E-state index in [1.54, 1.807) is 12.4 Å². The molecule has 1 unspecified atom stereocenters. The number of likely N-dealkylation sites (tertiary alicyclic amines) is 1. The highest BCUT2D eigenvalue weighted by Crippen LogP contribution is 2.25. The van der Waals surface area contributed by atoms with Gasteiger partial charge in [0.25, 0.3) is 0 Å². The first-order chi connectivity index (χ1) is 17.2. The smallest absolute Gasteiger partial charge is 0.241 e. The van der Waals surface area contributed by atoms with Crippen LogP contribution < -0.4 is 10.1 Å². The van der Waals surface area contributed by atoms with Crippen LogP contribution in [0.4, 0.5) is 5.69 Å². The van der Waals surface area contributed by atoms with Crippen molar-refractivity contribution in [2.75, 3.05) is 25.1 Å². The molecule has 5 rings (SSSR count). The molecule has 8 heteroatoms. The molecule has 0 saturated carbocycles. The molecule has 3 aromatic rings. The summed E-state index contributed by atoms with van der Waals surface area (Å²) in [5.74, 6) is 0.662. The number of hydrogen-bond donors (Lipinski definition) is 1. The molecule has 35 heavy (non-hydrogen) atoms. The number of nitrogens with one attached hydrogen (secondary N) is 1. The number of aromatic nitrogens is 3. The van der Waals surface area contributed by atoms with E-state index in [0.717, 1.165) is 73.6 Å². The van der Waals surface area contributed by atoms with Crippen LogP contribution in [0.5, 0.6) is 5.88 Å². The van der Waals surface area contributed by atoms with E-state index in [4.69, 9.17) is 9.47 Å². The fraction of sp³-hybridized carbons (Fsp3) is 0.407. The Labute approximate surface area is 205 Å². The molecule has 8 nitrogen and oxygen atoms in total. The van der Waals surface area contributed by atoms with Gasteiger partial charge in [-0.25, -0.2) is 4.98 Å². The SMILES string of the molecule is Cc1nccnc1CN1CCCC1C(=O)Nc1ccc(-c2ccc(OC3CCOCC3)nc2)cc1. The maximum absolute atomic E-state index is 13.0. The molecule has 2 fully saturated rings. The highest BCUT2D eigenvalue weighted by Gasteiger charge is 2.31. The van der Waals surface area contributed by atoms with Crippen molar-refractivity contribution in [3.63, 3.8) is 0 Å². The van der Waals surface area contributed by atoms with Crippen molar-refractivity contribution < 1.29 is 14.3 Å². The van der Waals surface area contributed by atoms with Gasteiger partial charge in [-0.05, 0) is 50.1 Å². The Morgan fingerprint density at radius 1 is 1.03 bits per heavy atom. The number of hydrogen-bond acceptors (Lipinski definition) is 7. The lowest BCUT2D eigenvalue weighted by Gasteiger charge is -2.23. The lowest BCUT2D eigenvalue weighted by atomic mass is 10.1. The normalized spacial score (nSPS) is 18.9. The maximum Gasteiger partial charge on any atom is 0.241 e. The number of carbonyl (C=O) groups is 1. The summed E-state index contributed by atoms with van der Waals surface area (Å²) in [4.78, 5) is 28.5. The largest absolute Gasteiger partial charge is 0.474 e.